The number of nitrogens with zero attached hydrogens (tertiary/aromatic N) is 2. The zero-order chi connectivity index (χ0) is 21.7. The van der Waals surface area contributed by atoms with Crippen molar-refractivity contribution in [1.82, 2.24) is 10.3 Å². The molecule has 2 aromatic rings. The molecule has 30 heavy (non-hydrogen) atoms. The zero-order valence-corrected chi connectivity index (χ0v) is 17.5. The van der Waals surface area contributed by atoms with Crippen LogP contribution in [-0.4, -0.2) is 50.0 Å². The lowest BCUT2D eigenvalue weighted by Crippen LogP contribution is -2.44. The number of imide groups is 1. The molecule has 1 saturated heterocycles. The Kier molecular flexibility index (Phi) is 6.25. The fourth-order valence-electron chi connectivity index (χ4n) is 3.33. The van der Waals surface area contributed by atoms with Crippen LogP contribution in [0, 0.1) is 0 Å². The largest absolute Gasteiger partial charge is 0.493 e. The van der Waals surface area contributed by atoms with Gasteiger partial charge >= 0.3 is 6.03 Å². The van der Waals surface area contributed by atoms with Crippen LogP contribution in [0.5, 0.6) is 17.2 Å². The van der Waals surface area contributed by atoms with Crippen LogP contribution in [-0.2, 0) is 11.2 Å². The van der Waals surface area contributed by atoms with Crippen LogP contribution in [0.25, 0.3) is 0 Å². The number of ether oxygens (including phenoxy) is 3. The topological polar surface area (TPSA) is 89.5 Å². The van der Waals surface area contributed by atoms with Gasteiger partial charge in [0.1, 0.15) is 5.54 Å². The number of hydrogen-bond acceptors (Lipinski definition) is 6. The first-order valence-corrected chi connectivity index (χ1v) is 9.47. The second-order valence-corrected chi connectivity index (χ2v) is 7.03. The van der Waals surface area contributed by atoms with E-state index in [0.717, 1.165) is 10.6 Å². The molecule has 1 fully saturated rings. The van der Waals surface area contributed by atoms with E-state index in [1.165, 1.54) is 27.5 Å². The maximum absolute atomic E-state index is 12.9. The second-order valence-electron chi connectivity index (χ2n) is 7.03. The fourth-order valence-corrected chi connectivity index (χ4v) is 3.33. The second kappa shape index (κ2) is 8.86. The molecule has 158 valence electrons. The minimum atomic E-state index is -1.02. The zero-order valence-electron chi connectivity index (χ0n) is 17.5. The van der Waals surface area contributed by atoms with Crippen molar-refractivity contribution in [3.05, 3.63) is 53.6 Å². The van der Waals surface area contributed by atoms with E-state index in [4.69, 9.17) is 14.2 Å². The molecular formula is C22H25N3O5. The van der Waals surface area contributed by atoms with Crippen molar-refractivity contribution in [1.29, 1.82) is 0 Å². The Morgan fingerprint density at radius 2 is 1.70 bits per heavy atom. The van der Waals surface area contributed by atoms with Gasteiger partial charge in [-0.3, -0.25) is 4.79 Å². The monoisotopic (exact) mass is 411 g/mol. The van der Waals surface area contributed by atoms with Crippen LogP contribution in [0.4, 0.5) is 4.79 Å². The predicted molar refractivity (Wildman–Crippen MR) is 112 cm³/mol. The highest BCUT2D eigenvalue weighted by atomic mass is 16.5. The number of benzene rings is 2. The number of methoxy groups -OCH3 is 3. The first-order chi connectivity index (χ1) is 14.4. The molecule has 8 nitrogen and oxygen atoms in total. The smallest absolute Gasteiger partial charge is 0.346 e. The summed E-state index contributed by atoms with van der Waals surface area (Å²) in [5.41, 5.74) is 0.609. The summed E-state index contributed by atoms with van der Waals surface area (Å²) in [6.45, 7) is 1.71. The van der Waals surface area contributed by atoms with Crippen molar-refractivity contribution >= 4 is 18.2 Å². The maximum atomic E-state index is 12.9. The fraction of sp³-hybridized carbons (Fsp3) is 0.318. The summed E-state index contributed by atoms with van der Waals surface area (Å²) in [6, 6.07) is 12.6. The van der Waals surface area contributed by atoms with Gasteiger partial charge in [0.25, 0.3) is 5.91 Å². The van der Waals surface area contributed by atoms with Crippen molar-refractivity contribution in [3.63, 3.8) is 0 Å². The number of rotatable bonds is 8. The summed E-state index contributed by atoms with van der Waals surface area (Å²) in [6.07, 6.45) is 2.51. The van der Waals surface area contributed by atoms with Crippen molar-refractivity contribution in [2.45, 2.75) is 25.3 Å². The van der Waals surface area contributed by atoms with Gasteiger partial charge in [-0.1, -0.05) is 30.3 Å². The summed E-state index contributed by atoms with van der Waals surface area (Å²) in [4.78, 5) is 25.3. The van der Waals surface area contributed by atoms with Crippen molar-refractivity contribution < 1.29 is 23.8 Å². The molecule has 1 aliphatic rings. The summed E-state index contributed by atoms with van der Waals surface area (Å²) in [5, 5.41) is 7.72. The number of hydrazone groups is 1. The summed E-state index contributed by atoms with van der Waals surface area (Å²) in [5.74, 6) is 0.877. The van der Waals surface area contributed by atoms with E-state index in [1.54, 1.807) is 19.1 Å². The van der Waals surface area contributed by atoms with Crippen LogP contribution in [0.1, 0.15) is 24.5 Å². The van der Waals surface area contributed by atoms with Crippen LogP contribution in [0.15, 0.2) is 47.6 Å². The summed E-state index contributed by atoms with van der Waals surface area (Å²) in [7, 11) is 4.51. The Balaban J connectivity index is 1.79. The highest BCUT2D eigenvalue weighted by Crippen LogP contribution is 2.39. The third-order valence-electron chi connectivity index (χ3n) is 5.04. The van der Waals surface area contributed by atoms with Gasteiger partial charge in [-0.05, 0) is 37.5 Å². The number of aryl methyl sites for hydroxylation is 1. The van der Waals surface area contributed by atoms with Gasteiger partial charge in [0.2, 0.25) is 5.75 Å². The number of carbonyl (C=O) groups excluding carboxylic acids is 2. The van der Waals surface area contributed by atoms with Crippen LogP contribution in [0.2, 0.25) is 0 Å². The van der Waals surface area contributed by atoms with E-state index < -0.39 is 17.5 Å². The molecule has 1 aliphatic heterocycles. The lowest BCUT2D eigenvalue weighted by atomic mass is 9.93. The number of hydrogen-bond donors (Lipinski definition) is 1. The van der Waals surface area contributed by atoms with Gasteiger partial charge in [0.05, 0.1) is 27.5 Å². The molecule has 0 spiro atoms. The number of nitrogens with one attached hydrogen (secondary N) is 1. The quantitative estimate of drug-likeness (QED) is 0.533. The molecule has 0 saturated carbocycles. The first kappa shape index (κ1) is 21.2. The molecule has 0 aliphatic carbocycles. The average molecular weight is 411 g/mol. The lowest BCUT2D eigenvalue weighted by molar-refractivity contribution is -0.130. The van der Waals surface area contributed by atoms with E-state index in [1.807, 2.05) is 30.3 Å². The predicted octanol–water partition coefficient (Wildman–Crippen LogP) is 2.99. The lowest BCUT2D eigenvalue weighted by Gasteiger charge is -2.20. The van der Waals surface area contributed by atoms with E-state index in [0.29, 0.717) is 35.7 Å². The summed E-state index contributed by atoms with van der Waals surface area (Å²) < 4.78 is 16.0. The van der Waals surface area contributed by atoms with Gasteiger partial charge in [-0.25, -0.2) is 4.79 Å². The molecule has 0 bridgehead atoms. The third kappa shape index (κ3) is 4.07. The van der Waals surface area contributed by atoms with Gasteiger partial charge < -0.3 is 19.5 Å². The molecular weight excluding hydrogens is 386 g/mol. The minimum Gasteiger partial charge on any atom is -0.493 e. The number of amides is 3. The highest BCUT2D eigenvalue weighted by molar-refractivity contribution is 6.07. The molecule has 1 heterocycles. The standard InChI is InChI=1S/C22H25N3O5/c1-22(13-12-15-8-6-5-7-9-15)20(26)25(21(27)24-22)23-14-16-10-11-17(28-2)19(30-4)18(16)29-3/h5-11,14H,12-13H2,1-4H3,(H,24,27)/b23-14-/t22-/m1/s1. The van der Waals surface area contributed by atoms with E-state index in [2.05, 4.69) is 10.4 Å². The number of urea groups is 1. The molecule has 2 aromatic carbocycles. The Labute approximate surface area is 175 Å². The van der Waals surface area contributed by atoms with Crippen LogP contribution in [0.3, 0.4) is 0 Å². The van der Waals surface area contributed by atoms with Gasteiger partial charge in [0, 0.05) is 5.56 Å². The SMILES string of the molecule is COc1ccc(/C=N\N2C(=O)N[C@](C)(CCc3ccccc3)C2=O)c(OC)c1OC. The van der Waals surface area contributed by atoms with Gasteiger partial charge in [-0.15, -0.1) is 5.01 Å². The molecule has 0 radical (unpaired) electrons. The molecule has 1 atom stereocenters. The minimum absolute atomic E-state index is 0.388. The van der Waals surface area contributed by atoms with E-state index >= 15 is 0 Å². The van der Waals surface area contributed by atoms with Gasteiger partial charge in [-0.2, -0.15) is 5.10 Å². The maximum Gasteiger partial charge on any atom is 0.346 e. The third-order valence-corrected chi connectivity index (χ3v) is 5.04. The Morgan fingerprint density at radius 3 is 2.33 bits per heavy atom. The molecule has 3 amide bonds. The molecule has 8 heteroatoms. The summed E-state index contributed by atoms with van der Waals surface area (Å²) >= 11 is 0. The normalized spacial score (nSPS) is 18.6. The highest BCUT2D eigenvalue weighted by Gasteiger charge is 2.47. The van der Waals surface area contributed by atoms with E-state index in [9.17, 15) is 9.59 Å². The Hall–Kier alpha value is -3.55. The first-order valence-electron chi connectivity index (χ1n) is 9.47. The molecule has 0 unspecified atom stereocenters. The van der Waals surface area contributed by atoms with Crippen molar-refractivity contribution in [2.75, 3.05) is 21.3 Å². The van der Waals surface area contributed by atoms with E-state index in [-0.39, 0.29) is 0 Å². The van der Waals surface area contributed by atoms with Crippen LogP contribution >= 0.6 is 0 Å². The average Bonchev–Trinajstić information content (AvgIpc) is 2.98. The number of carbonyl (C=O) groups is 2. The molecule has 0 aromatic heterocycles. The van der Waals surface area contributed by atoms with Crippen molar-refractivity contribution in [2.24, 2.45) is 5.10 Å². The van der Waals surface area contributed by atoms with Gasteiger partial charge in [0.15, 0.2) is 11.5 Å². The van der Waals surface area contributed by atoms with Crippen molar-refractivity contribution in [3.8, 4) is 17.2 Å². The Morgan fingerprint density at radius 1 is 1.00 bits per heavy atom. The van der Waals surface area contributed by atoms with Crippen LogP contribution < -0.4 is 19.5 Å². The Bertz CT molecular complexity index is 961. The molecule has 3 rings (SSSR count). The molecule has 1 N–H and O–H groups in total.